The summed E-state index contributed by atoms with van der Waals surface area (Å²) in [4.78, 5) is 25.1. The lowest BCUT2D eigenvalue weighted by molar-refractivity contribution is -0.123. The normalized spacial score (nSPS) is 12.0. The Morgan fingerprint density at radius 1 is 1.07 bits per heavy atom. The van der Waals surface area contributed by atoms with Crippen LogP contribution in [0.25, 0.3) is 11.0 Å². The number of rotatable bonds is 8. The molecule has 1 heterocycles. The van der Waals surface area contributed by atoms with Gasteiger partial charge in [0.15, 0.2) is 6.10 Å². The van der Waals surface area contributed by atoms with Crippen LogP contribution in [0.3, 0.4) is 0 Å². The third kappa shape index (κ3) is 4.84. The van der Waals surface area contributed by atoms with E-state index in [1.807, 2.05) is 49.4 Å². The van der Waals surface area contributed by atoms with E-state index in [1.54, 1.807) is 6.07 Å². The first-order valence-corrected chi connectivity index (χ1v) is 9.72. The van der Waals surface area contributed by atoms with Crippen molar-refractivity contribution in [2.75, 3.05) is 11.9 Å². The molecule has 1 atom stereocenters. The Labute approximate surface area is 169 Å². The standard InChI is InChI=1S/C23H25NO5/c1-4-16-10-12-17(13-11-16)24-22(25)15(3)28-23(26)21-19(14-27-5-2)18-8-6-7-9-20(18)29-21/h6-13,15H,4-5,14H2,1-3H3,(H,24,25)/t15-/m1/s1. The van der Waals surface area contributed by atoms with Crippen LogP contribution >= 0.6 is 0 Å². The van der Waals surface area contributed by atoms with E-state index in [0.717, 1.165) is 11.8 Å². The number of carbonyl (C=O) groups excluding carboxylic acids is 2. The molecule has 0 saturated carbocycles. The number of furan rings is 1. The van der Waals surface area contributed by atoms with Crippen molar-refractivity contribution in [3.8, 4) is 0 Å². The minimum atomic E-state index is -0.985. The molecule has 1 N–H and O–H groups in total. The zero-order chi connectivity index (χ0) is 20.8. The molecule has 6 heteroatoms. The molecule has 3 rings (SSSR count). The third-order valence-corrected chi connectivity index (χ3v) is 4.62. The molecule has 1 amide bonds. The Balaban J connectivity index is 1.72. The van der Waals surface area contributed by atoms with Crippen LogP contribution in [0.1, 0.15) is 42.5 Å². The van der Waals surface area contributed by atoms with Gasteiger partial charge in [0.1, 0.15) is 5.58 Å². The SMILES string of the molecule is CCOCc1c(C(=O)O[C@H](C)C(=O)Nc2ccc(CC)cc2)oc2ccccc12. The second kappa shape index (κ2) is 9.39. The highest BCUT2D eigenvalue weighted by atomic mass is 16.6. The van der Waals surface area contributed by atoms with E-state index >= 15 is 0 Å². The molecule has 2 aromatic carbocycles. The largest absolute Gasteiger partial charge is 0.449 e. The number of nitrogens with one attached hydrogen (secondary N) is 1. The number of carbonyl (C=O) groups is 2. The highest BCUT2D eigenvalue weighted by Gasteiger charge is 2.26. The first-order chi connectivity index (χ1) is 14.0. The van der Waals surface area contributed by atoms with Crippen LogP contribution < -0.4 is 5.32 Å². The highest BCUT2D eigenvalue weighted by molar-refractivity contribution is 5.99. The first kappa shape index (κ1) is 20.6. The minimum absolute atomic E-state index is 0.0617. The Morgan fingerprint density at radius 2 is 1.79 bits per heavy atom. The second-order valence-corrected chi connectivity index (χ2v) is 6.63. The lowest BCUT2D eigenvalue weighted by atomic mass is 10.1. The van der Waals surface area contributed by atoms with Crippen molar-refractivity contribution < 1.29 is 23.5 Å². The summed E-state index contributed by atoms with van der Waals surface area (Å²) < 4.78 is 16.5. The molecule has 0 unspecified atom stereocenters. The summed E-state index contributed by atoms with van der Waals surface area (Å²) in [5.41, 5.74) is 3.02. The summed E-state index contributed by atoms with van der Waals surface area (Å²) in [6.45, 7) is 6.19. The zero-order valence-electron chi connectivity index (χ0n) is 16.9. The number of hydrogen-bond acceptors (Lipinski definition) is 5. The summed E-state index contributed by atoms with van der Waals surface area (Å²) in [6.07, 6.45) is -0.0643. The van der Waals surface area contributed by atoms with E-state index in [-0.39, 0.29) is 12.4 Å². The smallest absolute Gasteiger partial charge is 0.375 e. The number of amides is 1. The third-order valence-electron chi connectivity index (χ3n) is 4.62. The molecule has 6 nitrogen and oxygen atoms in total. The zero-order valence-corrected chi connectivity index (χ0v) is 16.9. The maximum absolute atomic E-state index is 12.7. The van der Waals surface area contributed by atoms with E-state index in [2.05, 4.69) is 12.2 Å². The molecule has 0 fully saturated rings. The van der Waals surface area contributed by atoms with E-state index in [1.165, 1.54) is 12.5 Å². The van der Waals surface area contributed by atoms with Gasteiger partial charge < -0.3 is 19.2 Å². The van der Waals surface area contributed by atoms with Gasteiger partial charge in [-0.25, -0.2) is 4.79 Å². The van der Waals surface area contributed by atoms with Crippen LogP contribution in [0.15, 0.2) is 52.9 Å². The maximum Gasteiger partial charge on any atom is 0.375 e. The lowest BCUT2D eigenvalue weighted by Crippen LogP contribution is -2.30. The first-order valence-electron chi connectivity index (χ1n) is 9.72. The van der Waals surface area contributed by atoms with Gasteiger partial charge in [-0.15, -0.1) is 0 Å². The van der Waals surface area contributed by atoms with Crippen molar-refractivity contribution in [2.45, 2.75) is 39.9 Å². The van der Waals surface area contributed by atoms with Gasteiger partial charge in [0.05, 0.1) is 6.61 Å². The quantitative estimate of drug-likeness (QED) is 0.559. The fraction of sp³-hybridized carbons (Fsp3) is 0.304. The van der Waals surface area contributed by atoms with Crippen molar-refractivity contribution in [1.82, 2.24) is 0 Å². The fourth-order valence-corrected chi connectivity index (χ4v) is 2.95. The average Bonchev–Trinajstić information content (AvgIpc) is 3.11. The minimum Gasteiger partial charge on any atom is -0.449 e. The molecule has 0 spiro atoms. The predicted octanol–water partition coefficient (Wildman–Crippen LogP) is 4.72. The van der Waals surface area contributed by atoms with Crippen LogP contribution in [0.4, 0.5) is 5.69 Å². The summed E-state index contributed by atoms with van der Waals surface area (Å²) in [5.74, 6) is -1.04. The van der Waals surface area contributed by atoms with Crippen LogP contribution in [0.5, 0.6) is 0 Å². The van der Waals surface area contributed by atoms with Gasteiger partial charge in [-0.1, -0.05) is 37.3 Å². The molecule has 0 bridgehead atoms. The van der Waals surface area contributed by atoms with Crippen molar-refractivity contribution in [1.29, 1.82) is 0 Å². The van der Waals surface area contributed by atoms with Crippen molar-refractivity contribution in [3.05, 3.63) is 65.4 Å². The molecule has 152 valence electrons. The Hall–Kier alpha value is -3.12. The molecule has 29 heavy (non-hydrogen) atoms. The van der Waals surface area contributed by atoms with Gasteiger partial charge >= 0.3 is 5.97 Å². The topological polar surface area (TPSA) is 77.8 Å². The lowest BCUT2D eigenvalue weighted by Gasteiger charge is -2.13. The number of ether oxygens (including phenoxy) is 2. The summed E-state index contributed by atoms with van der Waals surface area (Å²) in [5, 5.41) is 3.55. The highest BCUT2D eigenvalue weighted by Crippen LogP contribution is 2.27. The van der Waals surface area contributed by atoms with E-state index < -0.39 is 18.0 Å². The molecular formula is C23H25NO5. The van der Waals surface area contributed by atoms with Gasteiger partial charge in [0, 0.05) is 23.2 Å². The van der Waals surface area contributed by atoms with Gasteiger partial charge in [-0.3, -0.25) is 4.79 Å². The van der Waals surface area contributed by atoms with Crippen LogP contribution in [0.2, 0.25) is 0 Å². The number of para-hydroxylation sites is 1. The van der Waals surface area contributed by atoms with Crippen LogP contribution in [-0.4, -0.2) is 24.6 Å². The molecule has 0 radical (unpaired) electrons. The van der Waals surface area contributed by atoms with Gasteiger partial charge in [0.25, 0.3) is 5.91 Å². The van der Waals surface area contributed by atoms with Gasteiger partial charge in [-0.2, -0.15) is 0 Å². The Kier molecular flexibility index (Phi) is 6.67. The number of anilines is 1. The average molecular weight is 395 g/mol. The summed E-state index contributed by atoms with van der Waals surface area (Å²) in [7, 11) is 0. The molecule has 0 aliphatic rings. The number of benzene rings is 2. The summed E-state index contributed by atoms with van der Waals surface area (Å²) >= 11 is 0. The fourth-order valence-electron chi connectivity index (χ4n) is 2.95. The van der Waals surface area contributed by atoms with Gasteiger partial charge in [-0.05, 0) is 44.0 Å². The number of hydrogen-bond donors (Lipinski definition) is 1. The van der Waals surface area contributed by atoms with E-state index in [0.29, 0.717) is 23.4 Å². The Morgan fingerprint density at radius 3 is 2.48 bits per heavy atom. The van der Waals surface area contributed by atoms with Crippen molar-refractivity contribution in [3.63, 3.8) is 0 Å². The van der Waals surface area contributed by atoms with Gasteiger partial charge in [0.2, 0.25) is 5.76 Å². The molecule has 1 aromatic heterocycles. The monoisotopic (exact) mass is 395 g/mol. The van der Waals surface area contributed by atoms with Crippen molar-refractivity contribution in [2.24, 2.45) is 0 Å². The molecule has 0 aliphatic heterocycles. The molecule has 0 saturated heterocycles. The summed E-state index contributed by atoms with van der Waals surface area (Å²) in [6, 6.07) is 14.9. The molecular weight excluding hydrogens is 370 g/mol. The van der Waals surface area contributed by atoms with Crippen LogP contribution in [0, 0.1) is 0 Å². The van der Waals surface area contributed by atoms with Crippen molar-refractivity contribution >= 4 is 28.5 Å². The predicted molar refractivity (Wildman–Crippen MR) is 111 cm³/mol. The van der Waals surface area contributed by atoms with E-state index in [9.17, 15) is 9.59 Å². The molecule has 0 aliphatic carbocycles. The number of fused-ring (bicyclic) bond motifs is 1. The Bertz CT molecular complexity index is 990. The number of esters is 1. The number of aryl methyl sites for hydroxylation is 1. The second-order valence-electron chi connectivity index (χ2n) is 6.63. The maximum atomic E-state index is 12.7. The van der Waals surface area contributed by atoms with E-state index in [4.69, 9.17) is 13.9 Å². The molecule has 3 aromatic rings. The van der Waals surface area contributed by atoms with Crippen LogP contribution in [-0.2, 0) is 27.3 Å².